The van der Waals surface area contributed by atoms with Crippen molar-refractivity contribution in [3.8, 4) is 5.75 Å². The van der Waals surface area contributed by atoms with Gasteiger partial charge in [0.1, 0.15) is 5.75 Å². The maximum atomic E-state index is 6.05. The summed E-state index contributed by atoms with van der Waals surface area (Å²) < 4.78 is 7.31. The van der Waals surface area contributed by atoms with Crippen LogP contribution in [0, 0.1) is 0 Å². The van der Waals surface area contributed by atoms with Crippen molar-refractivity contribution in [3.05, 3.63) is 41.7 Å². The van der Waals surface area contributed by atoms with Crippen LogP contribution in [0.1, 0.15) is 24.2 Å². The molecule has 1 heterocycles. The molecule has 1 aromatic carbocycles. The number of para-hydroxylation sites is 2. The van der Waals surface area contributed by atoms with Gasteiger partial charge in [-0.3, -0.25) is 4.68 Å². The summed E-state index contributed by atoms with van der Waals surface area (Å²) in [5.74, 6) is 0.848. The van der Waals surface area contributed by atoms with Gasteiger partial charge < -0.3 is 15.4 Å². The lowest BCUT2D eigenvalue weighted by molar-refractivity contribution is 0.413. The number of aryl methyl sites for hydroxylation is 2. The molecule has 114 valence electrons. The first-order valence-electron chi connectivity index (χ1n) is 7.20. The summed E-state index contributed by atoms with van der Waals surface area (Å²) in [4.78, 5) is 2.16. The van der Waals surface area contributed by atoms with E-state index in [0.717, 1.165) is 23.6 Å². The molecule has 0 aliphatic carbocycles. The number of hydrogen-bond donors (Lipinski definition) is 1. The summed E-state index contributed by atoms with van der Waals surface area (Å²) in [5.41, 5.74) is 9.35. The Bertz CT molecular complexity index is 594. The molecule has 0 saturated heterocycles. The molecule has 21 heavy (non-hydrogen) atoms. The molecule has 1 aromatic heterocycles. The lowest BCUT2D eigenvalue weighted by Gasteiger charge is -2.30. The third-order valence-corrected chi connectivity index (χ3v) is 3.79. The summed E-state index contributed by atoms with van der Waals surface area (Å²) in [6.45, 7) is 2.63. The fourth-order valence-electron chi connectivity index (χ4n) is 2.69. The second-order valence-corrected chi connectivity index (χ2v) is 5.09. The second kappa shape index (κ2) is 6.63. The van der Waals surface area contributed by atoms with Gasteiger partial charge in [-0.2, -0.15) is 5.10 Å². The van der Waals surface area contributed by atoms with E-state index in [-0.39, 0.29) is 6.04 Å². The van der Waals surface area contributed by atoms with Crippen LogP contribution in [0.2, 0.25) is 0 Å². The Hall–Kier alpha value is -2.01. The quantitative estimate of drug-likeness (QED) is 0.884. The van der Waals surface area contributed by atoms with E-state index in [0.29, 0.717) is 6.54 Å². The van der Waals surface area contributed by atoms with Crippen molar-refractivity contribution >= 4 is 5.69 Å². The standard InChI is InChI=1S/C16H24N4O/c1-5-13-12(11-19(2)18-13)15(10-17)20(3)14-8-6-7-9-16(14)21-4/h6-9,11,15H,5,10,17H2,1-4H3. The molecule has 2 rings (SSSR count). The molecule has 0 fully saturated rings. The molecular weight excluding hydrogens is 264 g/mol. The number of ether oxygens (including phenoxy) is 1. The van der Waals surface area contributed by atoms with E-state index in [4.69, 9.17) is 10.5 Å². The van der Waals surface area contributed by atoms with E-state index in [9.17, 15) is 0 Å². The smallest absolute Gasteiger partial charge is 0.142 e. The van der Waals surface area contributed by atoms with Crippen molar-refractivity contribution in [2.45, 2.75) is 19.4 Å². The van der Waals surface area contributed by atoms with Crippen LogP contribution < -0.4 is 15.4 Å². The van der Waals surface area contributed by atoms with Crippen LogP contribution >= 0.6 is 0 Å². The summed E-state index contributed by atoms with van der Waals surface area (Å²) in [6.07, 6.45) is 2.95. The highest BCUT2D eigenvalue weighted by molar-refractivity contribution is 5.59. The molecule has 1 atom stereocenters. The van der Waals surface area contributed by atoms with Crippen LogP contribution in [-0.4, -0.2) is 30.5 Å². The normalized spacial score (nSPS) is 12.2. The van der Waals surface area contributed by atoms with E-state index in [1.807, 2.05) is 43.0 Å². The number of nitrogens with zero attached hydrogens (tertiary/aromatic N) is 3. The van der Waals surface area contributed by atoms with Crippen LogP contribution in [0.5, 0.6) is 5.75 Å². The third kappa shape index (κ3) is 3.03. The van der Waals surface area contributed by atoms with Crippen LogP contribution in [0.4, 0.5) is 5.69 Å². The third-order valence-electron chi connectivity index (χ3n) is 3.79. The van der Waals surface area contributed by atoms with Gasteiger partial charge >= 0.3 is 0 Å². The number of hydrogen-bond acceptors (Lipinski definition) is 4. The van der Waals surface area contributed by atoms with Gasteiger partial charge in [0, 0.05) is 32.4 Å². The summed E-state index contributed by atoms with van der Waals surface area (Å²) >= 11 is 0. The van der Waals surface area contributed by atoms with Gasteiger partial charge in [0.2, 0.25) is 0 Å². The molecule has 0 amide bonds. The lowest BCUT2D eigenvalue weighted by Crippen LogP contribution is -2.31. The number of rotatable bonds is 6. The van der Waals surface area contributed by atoms with Gasteiger partial charge in [-0.15, -0.1) is 0 Å². The Balaban J connectivity index is 2.40. The van der Waals surface area contributed by atoms with Gasteiger partial charge in [0.25, 0.3) is 0 Å². The molecule has 0 bridgehead atoms. The van der Waals surface area contributed by atoms with Crippen LogP contribution in [-0.2, 0) is 13.5 Å². The van der Waals surface area contributed by atoms with Crippen molar-refractivity contribution in [2.24, 2.45) is 12.8 Å². The van der Waals surface area contributed by atoms with Crippen LogP contribution in [0.15, 0.2) is 30.5 Å². The van der Waals surface area contributed by atoms with E-state index >= 15 is 0 Å². The second-order valence-electron chi connectivity index (χ2n) is 5.09. The minimum Gasteiger partial charge on any atom is -0.495 e. The van der Waals surface area contributed by atoms with Crippen LogP contribution in [0.25, 0.3) is 0 Å². The van der Waals surface area contributed by atoms with Crippen molar-refractivity contribution in [2.75, 3.05) is 25.6 Å². The Morgan fingerprint density at radius 1 is 1.38 bits per heavy atom. The molecule has 1 unspecified atom stereocenters. The molecule has 0 aliphatic rings. The topological polar surface area (TPSA) is 56.3 Å². The Morgan fingerprint density at radius 2 is 2.10 bits per heavy atom. The van der Waals surface area contributed by atoms with Gasteiger partial charge in [0.05, 0.1) is 24.5 Å². The van der Waals surface area contributed by atoms with Crippen molar-refractivity contribution in [1.29, 1.82) is 0 Å². The first-order chi connectivity index (χ1) is 10.1. The maximum Gasteiger partial charge on any atom is 0.142 e. The highest BCUT2D eigenvalue weighted by Gasteiger charge is 2.22. The van der Waals surface area contributed by atoms with E-state index in [1.54, 1.807) is 7.11 Å². The molecule has 0 saturated carbocycles. The summed E-state index contributed by atoms with van der Waals surface area (Å²) in [5, 5.41) is 4.52. The fourth-order valence-corrected chi connectivity index (χ4v) is 2.69. The number of benzene rings is 1. The molecule has 0 aliphatic heterocycles. The lowest BCUT2D eigenvalue weighted by atomic mass is 10.0. The fraction of sp³-hybridized carbons (Fsp3) is 0.438. The highest BCUT2D eigenvalue weighted by atomic mass is 16.5. The average molecular weight is 288 g/mol. The van der Waals surface area contributed by atoms with E-state index in [2.05, 4.69) is 23.1 Å². The van der Waals surface area contributed by atoms with Gasteiger partial charge in [0.15, 0.2) is 0 Å². The van der Waals surface area contributed by atoms with Crippen molar-refractivity contribution < 1.29 is 4.74 Å². The number of likely N-dealkylation sites (N-methyl/N-ethyl adjacent to an activating group) is 1. The van der Waals surface area contributed by atoms with Crippen LogP contribution in [0.3, 0.4) is 0 Å². The SMILES string of the molecule is CCc1nn(C)cc1C(CN)N(C)c1ccccc1OC. The number of anilines is 1. The minimum absolute atomic E-state index is 0.0740. The van der Waals surface area contributed by atoms with Crippen molar-refractivity contribution in [1.82, 2.24) is 9.78 Å². The maximum absolute atomic E-state index is 6.05. The molecule has 0 radical (unpaired) electrons. The average Bonchev–Trinajstić information content (AvgIpc) is 2.88. The Labute approximate surface area is 126 Å². The van der Waals surface area contributed by atoms with E-state index in [1.165, 1.54) is 5.56 Å². The summed E-state index contributed by atoms with van der Waals surface area (Å²) in [6, 6.07) is 8.05. The monoisotopic (exact) mass is 288 g/mol. The predicted octanol–water partition coefficient (Wildman–Crippen LogP) is 2.13. The molecule has 5 nitrogen and oxygen atoms in total. The van der Waals surface area contributed by atoms with Gasteiger partial charge in [-0.1, -0.05) is 19.1 Å². The first-order valence-corrected chi connectivity index (χ1v) is 7.20. The molecule has 0 spiro atoms. The minimum atomic E-state index is 0.0740. The first kappa shape index (κ1) is 15.4. The zero-order chi connectivity index (χ0) is 15.4. The molecular formula is C16H24N4O. The largest absolute Gasteiger partial charge is 0.495 e. The molecule has 2 aromatic rings. The Kier molecular flexibility index (Phi) is 4.85. The molecule has 5 heteroatoms. The Morgan fingerprint density at radius 3 is 2.71 bits per heavy atom. The zero-order valence-corrected chi connectivity index (χ0v) is 13.2. The highest BCUT2D eigenvalue weighted by Crippen LogP contribution is 2.33. The van der Waals surface area contributed by atoms with E-state index < -0.39 is 0 Å². The van der Waals surface area contributed by atoms with Gasteiger partial charge in [-0.05, 0) is 18.6 Å². The summed E-state index contributed by atoms with van der Waals surface area (Å²) in [7, 11) is 5.67. The number of methoxy groups -OCH3 is 1. The number of nitrogens with two attached hydrogens (primary N) is 1. The molecule has 2 N–H and O–H groups in total. The predicted molar refractivity (Wildman–Crippen MR) is 85.8 cm³/mol. The zero-order valence-electron chi connectivity index (χ0n) is 13.2. The van der Waals surface area contributed by atoms with Crippen molar-refractivity contribution in [3.63, 3.8) is 0 Å². The van der Waals surface area contributed by atoms with Gasteiger partial charge in [-0.25, -0.2) is 0 Å². The number of aromatic nitrogens is 2.